The van der Waals surface area contributed by atoms with Gasteiger partial charge in [-0.1, -0.05) is 64.0 Å². The third-order valence-electron chi connectivity index (χ3n) is 5.74. The molecule has 8 heteroatoms. The number of ether oxygens (including phenoxy) is 1. The van der Waals surface area contributed by atoms with Crippen molar-refractivity contribution < 1.29 is 24.2 Å². The minimum Gasteiger partial charge on any atom is -0.444 e. The maximum Gasteiger partial charge on any atom is 0.408 e. The van der Waals surface area contributed by atoms with Crippen LogP contribution in [0, 0.1) is 12.3 Å². The number of nitrogens with zero attached hydrogens (tertiary/aromatic N) is 1. The maximum atomic E-state index is 13.8. The first kappa shape index (κ1) is 32.0. The van der Waals surface area contributed by atoms with E-state index in [1.54, 1.807) is 45.0 Å². The monoisotopic (exact) mass is 515 g/mol. The summed E-state index contributed by atoms with van der Waals surface area (Å²) in [5, 5.41) is 15.4. The zero-order valence-electron chi connectivity index (χ0n) is 23.1. The molecule has 0 fully saturated rings. The molecule has 1 aromatic rings. The first-order valence-electron chi connectivity index (χ1n) is 13.3. The maximum absolute atomic E-state index is 13.8. The second kappa shape index (κ2) is 16.6. The van der Waals surface area contributed by atoms with Crippen LogP contribution in [0.25, 0.3) is 0 Å². The summed E-state index contributed by atoms with van der Waals surface area (Å²) in [4.78, 5) is 41.1. The van der Waals surface area contributed by atoms with Gasteiger partial charge in [0.25, 0.3) is 0 Å². The molecule has 0 heterocycles. The van der Waals surface area contributed by atoms with E-state index in [0.717, 1.165) is 38.5 Å². The zero-order valence-corrected chi connectivity index (χ0v) is 23.1. The van der Waals surface area contributed by atoms with Gasteiger partial charge in [-0.15, -0.1) is 6.42 Å². The molecule has 0 aliphatic carbocycles. The molecule has 0 aliphatic heterocycles. The number of carbonyl (C=O) groups is 3. The molecule has 206 valence electrons. The molecule has 0 radical (unpaired) electrons. The van der Waals surface area contributed by atoms with Gasteiger partial charge in [-0.25, -0.2) is 4.79 Å². The van der Waals surface area contributed by atoms with Crippen LogP contribution in [0.5, 0.6) is 0 Å². The predicted octanol–water partition coefficient (Wildman–Crippen LogP) is 4.31. The Morgan fingerprint density at radius 2 is 1.65 bits per heavy atom. The number of rotatable bonds is 15. The molecule has 1 aromatic carbocycles. The number of nitrogens with one attached hydrogen (secondary N) is 2. The van der Waals surface area contributed by atoms with Crippen LogP contribution < -0.4 is 10.6 Å². The average molecular weight is 516 g/mol. The van der Waals surface area contributed by atoms with Gasteiger partial charge in [0.05, 0.1) is 6.61 Å². The van der Waals surface area contributed by atoms with Gasteiger partial charge in [0.2, 0.25) is 11.8 Å². The lowest BCUT2D eigenvalue weighted by atomic mass is 10.0. The fraction of sp³-hybridized carbons (Fsp3) is 0.621. The second-order valence-electron chi connectivity index (χ2n) is 10.1. The largest absolute Gasteiger partial charge is 0.444 e. The van der Waals surface area contributed by atoms with Crippen molar-refractivity contribution in [1.82, 2.24) is 15.5 Å². The normalized spacial score (nSPS) is 12.7. The van der Waals surface area contributed by atoms with Gasteiger partial charge >= 0.3 is 6.09 Å². The van der Waals surface area contributed by atoms with Crippen LogP contribution in [0.3, 0.4) is 0 Å². The van der Waals surface area contributed by atoms with Crippen LogP contribution >= 0.6 is 0 Å². The van der Waals surface area contributed by atoms with Crippen molar-refractivity contribution in [2.75, 3.05) is 19.7 Å². The third kappa shape index (κ3) is 11.7. The number of unbranched alkanes of at least 4 members (excludes halogenated alkanes) is 5. The lowest BCUT2D eigenvalue weighted by Gasteiger charge is -2.34. The first-order valence-corrected chi connectivity index (χ1v) is 13.3. The van der Waals surface area contributed by atoms with Crippen LogP contribution in [-0.4, -0.2) is 59.3 Å². The van der Waals surface area contributed by atoms with E-state index in [4.69, 9.17) is 11.2 Å². The Morgan fingerprint density at radius 3 is 2.19 bits per heavy atom. The van der Waals surface area contributed by atoms with Crippen LogP contribution in [0.15, 0.2) is 24.3 Å². The molecule has 0 spiro atoms. The van der Waals surface area contributed by atoms with E-state index in [1.807, 2.05) is 6.92 Å². The number of alkyl carbamates (subject to hydrolysis) is 1. The van der Waals surface area contributed by atoms with Crippen molar-refractivity contribution in [2.24, 2.45) is 0 Å². The van der Waals surface area contributed by atoms with Crippen LogP contribution in [-0.2, 0) is 14.3 Å². The van der Waals surface area contributed by atoms with Crippen LogP contribution in [0.1, 0.15) is 96.7 Å². The van der Waals surface area contributed by atoms with Crippen LogP contribution in [0.4, 0.5) is 4.79 Å². The Bertz CT molecular complexity index is 886. The molecule has 37 heavy (non-hydrogen) atoms. The topological polar surface area (TPSA) is 108 Å². The summed E-state index contributed by atoms with van der Waals surface area (Å²) >= 11 is 0. The van der Waals surface area contributed by atoms with Gasteiger partial charge in [-0.05, 0) is 51.3 Å². The number of terminal acetylenes is 1. The van der Waals surface area contributed by atoms with Gasteiger partial charge < -0.3 is 25.4 Å². The number of hydrogen-bond donors (Lipinski definition) is 3. The van der Waals surface area contributed by atoms with Crippen molar-refractivity contribution in [2.45, 2.75) is 97.2 Å². The fourth-order valence-electron chi connectivity index (χ4n) is 3.81. The van der Waals surface area contributed by atoms with E-state index >= 15 is 0 Å². The van der Waals surface area contributed by atoms with Gasteiger partial charge in [0.1, 0.15) is 17.7 Å². The molecule has 0 saturated heterocycles. The molecular formula is C29H45N3O5. The minimum absolute atomic E-state index is 0.289. The summed E-state index contributed by atoms with van der Waals surface area (Å²) in [5.41, 5.74) is 0.488. The number of aliphatic hydroxyl groups is 1. The second-order valence-corrected chi connectivity index (χ2v) is 10.1. The van der Waals surface area contributed by atoms with Crippen molar-refractivity contribution in [3.05, 3.63) is 35.4 Å². The van der Waals surface area contributed by atoms with Crippen molar-refractivity contribution in [3.63, 3.8) is 0 Å². The Hall–Kier alpha value is -3.05. The number of aliphatic hydroxyl groups excluding tert-OH is 1. The molecule has 1 rings (SSSR count). The number of carbonyl (C=O) groups excluding carboxylic acids is 3. The van der Waals surface area contributed by atoms with Crippen molar-refractivity contribution in [3.8, 4) is 12.3 Å². The van der Waals surface area contributed by atoms with Gasteiger partial charge in [-0.2, -0.15) is 0 Å². The summed E-state index contributed by atoms with van der Waals surface area (Å²) in [6.07, 6.45) is 11.2. The summed E-state index contributed by atoms with van der Waals surface area (Å²) in [6, 6.07) is 4.73. The van der Waals surface area contributed by atoms with Gasteiger partial charge in [0, 0.05) is 18.7 Å². The van der Waals surface area contributed by atoms with E-state index in [0.29, 0.717) is 24.1 Å². The summed E-state index contributed by atoms with van der Waals surface area (Å²) in [7, 11) is 0. The highest BCUT2D eigenvalue weighted by Crippen LogP contribution is 2.24. The molecule has 3 N–H and O–H groups in total. The Kier molecular flexibility index (Phi) is 14.4. The Morgan fingerprint density at radius 1 is 1.03 bits per heavy atom. The lowest BCUT2D eigenvalue weighted by molar-refractivity contribution is -0.143. The minimum atomic E-state index is -1.26. The molecule has 0 saturated carbocycles. The van der Waals surface area contributed by atoms with Gasteiger partial charge in [0.15, 0.2) is 0 Å². The van der Waals surface area contributed by atoms with E-state index in [-0.39, 0.29) is 12.5 Å². The molecule has 2 unspecified atom stereocenters. The van der Waals surface area contributed by atoms with E-state index in [1.165, 1.54) is 4.90 Å². The number of amides is 3. The fourth-order valence-corrected chi connectivity index (χ4v) is 3.81. The first-order chi connectivity index (χ1) is 17.6. The zero-order chi connectivity index (χ0) is 27.8. The molecular weight excluding hydrogens is 470 g/mol. The number of hydrogen-bond acceptors (Lipinski definition) is 5. The number of benzene rings is 1. The summed E-state index contributed by atoms with van der Waals surface area (Å²) in [5.74, 6) is 1.69. The SMILES string of the molecule is C#Cc1ccc(C(C(=O)NCCCC)N(CCCCCCC)C(=O)C(CO)NC(=O)OC(C)(C)C)cc1. The average Bonchev–Trinajstić information content (AvgIpc) is 2.85. The van der Waals surface area contributed by atoms with E-state index in [9.17, 15) is 19.5 Å². The van der Waals surface area contributed by atoms with Gasteiger partial charge in [-0.3, -0.25) is 9.59 Å². The Balaban J connectivity index is 3.34. The molecule has 0 bridgehead atoms. The smallest absolute Gasteiger partial charge is 0.408 e. The third-order valence-corrected chi connectivity index (χ3v) is 5.74. The predicted molar refractivity (Wildman–Crippen MR) is 146 cm³/mol. The molecule has 3 amide bonds. The standard InChI is InChI=1S/C29H45N3O5/c1-7-10-12-13-14-20-32(27(35)24(21-33)31-28(36)37-29(4,5)6)25(26(34)30-19-11-8-2)23-17-15-22(9-3)16-18-23/h3,15-18,24-25,33H,7-8,10-14,19-21H2,1-2,4-6H3,(H,30,34)(H,31,36). The molecule has 2 atom stereocenters. The van der Waals surface area contributed by atoms with E-state index < -0.39 is 36.3 Å². The highest BCUT2D eigenvalue weighted by Gasteiger charge is 2.35. The molecule has 0 aliphatic rings. The quantitative estimate of drug-likeness (QED) is 0.238. The molecule has 8 nitrogen and oxygen atoms in total. The summed E-state index contributed by atoms with van der Waals surface area (Å²) in [6.45, 7) is 9.42. The summed E-state index contributed by atoms with van der Waals surface area (Å²) < 4.78 is 5.28. The highest BCUT2D eigenvalue weighted by atomic mass is 16.6. The van der Waals surface area contributed by atoms with Crippen molar-refractivity contribution >= 4 is 17.9 Å². The van der Waals surface area contributed by atoms with E-state index in [2.05, 4.69) is 23.5 Å². The Labute approximate surface area is 222 Å². The van der Waals surface area contributed by atoms with Crippen molar-refractivity contribution in [1.29, 1.82) is 0 Å². The van der Waals surface area contributed by atoms with Crippen LogP contribution in [0.2, 0.25) is 0 Å². The highest BCUT2D eigenvalue weighted by molar-refractivity contribution is 5.92. The molecule has 0 aromatic heterocycles. The lowest BCUT2D eigenvalue weighted by Crippen LogP contribution is -2.54.